The van der Waals surface area contributed by atoms with Crippen LogP contribution in [0.3, 0.4) is 0 Å². The number of aliphatic carboxylic acids is 2. The Kier molecular flexibility index (Phi) is 7.47. The van der Waals surface area contributed by atoms with Gasteiger partial charge in [0.25, 0.3) is 0 Å². The summed E-state index contributed by atoms with van der Waals surface area (Å²) in [6.45, 7) is 4.36. The summed E-state index contributed by atoms with van der Waals surface area (Å²) in [5, 5.41) is 21.6. The van der Waals surface area contributed by atoms with Gasteiger partial charge in [-0.2, -0.15) is 0 Å². The second kappa shape index (κ2) is 10.6. The van der Waals surface area contributed by atoms with Crippen LogP contribution in [0.15, 0.2) is 24.3 Å². The Hall–Kier alpha value is -2.62. The van der Waals surface area contributed by atoms with E-state index >= 15 is 0 Å². The molecule has 0 saturated heterocycles. The van der Waals surface area contributed by atoms with Gasteiger partial charge >= 0.3 is 11.9 Å². The molecule has 2 fully saturated rings. The smallest absolute Gasteiger partial charge is 0.330 e. The zero-order valence-electron chi connectivity index (χ0n) is 22.6. The highest BCUT2D eigenvalue weighted by atomic mass is 16.4. The van der Waals surface area contributed by atoms with E-state index in [4.69, 9.17) is 0 Å². The maximum atomic E-state index is 13.3. The Morgan fingerprint density at radius 2 is 1.41 bits per heavy atom. The lowest BCUT2D eigenvalue weighted by Crippen LogP contribution is -2.44. The number of hydrogen-bond donors (Lipinski definition) is 2. The van der Waals surface area contributed by atoms with Gasteiger partial charge in [-0.15, -0.1) is 0 Å². The lowest BCUT2D eigenvalue weighted by atomic mass is 9.71. The van der Waals surface area contributed by atoms with Crippen molar-refractivity contribution in [2.75, 3.05) is 0 Å². The Morgan fingerprint density at radius 3 is 2.00 bits per heavy atom. The van der Waals surface area contributed by atoms with Crippen LogP contribution in [-0.2, 0) is 27.8 Å². The van der Waals surface area contributed by atoms with Crippen LogP contribution in [0.25, 0.3) is 11.1 Å². The fourth-order valence-corrected chi connectivity index (χ4v) is 7.66. The zero-order chi connectivity index (χ0) is 26.2. The molecule has 3 aliphatic rings. The van der Waals surface area contributed by atoms with Crippen LogP contribution in [0.1, 0.15) is 136 Å². The molecule has 2 aromatic rings. The van der Waals surface area contributed by atoms with Gasteiger partial charge in [0.2, 0.25) is 5.41 Å². The molecule has 5 rings (SSSR count). The highest BCUT2D eigenvalue weighted by Gasteiger charge is 2.58. The number of benzene rings is 2. The lowest BCUT2D eigenvalue weighted by Gasteiger charge is -2.29. The van der Waals surface area contributed by atoms with Gasteiger partial charge in [0.1, 0.15) is 0 Å². The van der Waals surface area contributed by atoms with Crippen molar-refractivity contribution < 1.29 is 19.8 Å². The molecule has 0 heterocycles. The van der Waals surface area contributed by atoms with E-state index in [0.717, 1.165) is 86.5 Å². The van der Waals surface area contributed by atoms with Gasteiger partial charge in [-0.1, -0.05) is 76.6 Å². The maximum Gasteiger partial charge on any atom is 0.330 e. The number of aryl methyl sites for hydroxylation is 1. The van der Waals surface area contributed by atoms with Crippen molar-refractivity contribution in [2.45, 2.75) is 121 Å². The summed E-state index contributed by atoms with van der Waals surface area (Å²) < 4.78 is 0. The lowest BCUT2D eigenvalue weighted by molar-refractivity contribution is -0.155. The SMILES string of the molecule is CCCCc1cc2c(c(CCCC)c1C1CCCC1)C(C(=O)O)(C(=O)O)c1cc(C3CCCC3)ccc1-2. The molecule has 0 bridgehead atoms. The van der Waals surface area contributed by atoms with Gasteiger partial charge in [0.15, 0.2) is 0 Å². The van der Waals surface area contributed by atoms with Crippen molar-refractivity contribution in [3.63, 3.8) is 0 Å². The Balaban J connectivity index is 1.83. The van der Waals surface area contributed by atoms with Gasteiger partial charge in [-0.05, 0) is 108 Å². The average molecular weight is 503 g/mol. The highest BCUT2D eigenvalue weighted by Crippen LogP contribution is 2.55. The predicted molar refractivity (Wildman–Crippen MR) is 148 cm³/mol. The van der Waals surface area contributed by atoms with Crippen LogP contribution < -0.4 is 0 Å². The minimum atomic E-state index is -2.04. The third kappa shape index (κ3) is 4.21. The largest absolute Gasteiger partial charge is 0.480 e. The number of unbranched alkanes of at least 4 members (excludes halogenated alkanes) is 2. The van der Waals surface area contributed by atoms with E-state index in [1.54, 1.807) is 0 Å². The van der Waals surface area contributed by atoms with E-state index in [1.807, 2.05) is 12.1 Å². The number of fused-ring (bicyclic) bond motifs is 3. The summed E-state index contributed by atoms with van der Waals surface area (Å²) in [6, 6.07) is 8.34. The first-order chi connectivity index (χ1) is 17.9. The number of carbonyl (C=O) groups is 2. The molecule has 0 spiro atoms. The number of hydrogen-bond acceptors (Lipinski definition) is 2. The topological polar surface area (TPSA) is 74.6 Å². The molecule has 0 aromatic heterocycles. The van der Waals surface area contributed by atoms with Gasteiger partial charge in [0, 0.05) is 0 Å². The van der Waals surface area contributed by atoms with Gasteiger partial charge in [0.05, 0.1) is 0 Å². The zero-order valence-corrected chi connectivity index (χ0v) is 22.6. The first kappa shape index (κ1) is 26.0. The quantitative estimate of drug-likeness (QED) is 0.322. The molecule has 0 atom stereocenters. The van der Waals surface area contributed by atoms with E-state index in [0.29, 0.717) is 23.0 Å². The van der Waals surface area contributed by atoms with Crippen molar-refractivity contribution in [3.05, 3.63) is 57.6 Å². The molecule has 0 aliphatic heterocycles. The minimum absolute atomic E-state index is 0.392. The highest BCUT2D eigenvalue weighted by molar-refractivity contribution is 6.15. The first-order valence-electron chi connectivity index (χ1n) is 14.8. The summed E-state index contributed by atoms with van der Waals surface area (Å²) in [7, 11) is 0. The fraction of sp³-hybridized carbons (Fsp3) is 0.576. The molecule has 2 saturated carbocycles. The molecular formula is C33H42O4. The Bertz CT molecular complexity index is 1170. The summed E-state index contributed by atoms with van der Waals surface area (Å²) in [5.74, 6) is -1.70. The second-order valence-electron chi connectivity index (χ2n) is 11.7. The third-order valence-corrected chi connectivity index (χ3v) is 9.49. The van der Waals surface area contributed by atoms with Crippen molar-refractivity contribution in [1.82, 2.24) is 0 Å². The van der Waals surface area contributed by atoms with E-state index in [-0.39, 0.29) is 0 Å². The summed E-state index contributed by atoms with van der Waals surface area (Å²) in [4.78, 5) is 26.5. The van der Waals surface area contributed by atoms with Crippen LogP contribution in [0.5, 0.6) is 0 Å². The summed E-state index contributed by atoms with van der Waals surface area (Å²) in [5.41, 5.74) is 5.46. The normalized spacial score (nSPS) is 18.8. The van der Waals surface area contributed by atoms with Crippen LogP contribution in [0, 0.1) is 0 Å². The molecule has 3 aliphatic carbocycles. The average Bonchev–Trinajstić information content (AvgIpc) is 3.65. The molecular weight excluding hydrogens is 460 g/mol. The molecule has 37 heavy (non-hydrogen) atoms. The summed E-state index contributed by atoms with van der Waals surface area (Å²) in [6.07, 6.45) is 15.0. The van der Waals surface area contributed by atoms with E-state index in [9.17, 15) is 19.8 Å². The van der Waals surface area contributed by atoms with Crippen LogP contribution >= 0.6 is 0 Å². The predicted octanol–water partition coefficient (Wildman–Crippen LogP) is 8.12. The molecule has 198 valence electrons. The standard InChI is InChI=1S/C33H42O4/c1-3-5-11-24-19-27-25-18-17-23(21-12-7-8-13-21)20-28(25)33(31(34)35,32(36)37)30(27)26(16-6-4-2)29(24)22-14-9-10-15-22/h17-22H,3-16H2,1-2H3,(H,34,35)(H,36,37). The second-order valence-corrected chi connectivity index (χ2v) is 11.7. The Morgan fingerprint density at radius 1 is 0.811 bits per heavy atom. The van der Waals surface area contributed by atoms with Gasteiger partial charge in [-0.25, -0.2) is 0 Å². The van der Waals surface area contributed by atoms with Crippen molar-refractivity contribution >= 4 is 11.9 Å². The van der Waals surface area contributed by atoms with E-state index in [1.165, 1.54) is 36.8 Å². The van der Waals surface area contributed by atoms with E-state index < -0.39 is 17.4 Å². The number of rotatable bonds is 10. The van der Waals surface area contributed by atoms with Crippen LogP contribution in [-0.4, -0.2) is 22.2 Å². The molecule has 2 N–H and O–H groups in total. The van der Waals surface area contributed by atoms with Crippen LogP contribution in [0.2, 0.25) is 0 Å². The Labute approximate surface area is 221 Å². The monoisotopic (exact) mass is 502 g/mol. The number of carboxylic acids is 2. The van der Waals surface area contributed by atoms with Crippen molar-refractivity contribution in [2.24, 2.45) is 0 Å². The van der Waals surface area contributed by atoms with Gasteiger partial charge < -0.3 is 10.2 Å². The molecule has 2 aromatic carbocycles. The minimum Gasteiger partial charge on any atom is -0.480 e. The maximum absolute atomic E-state index is 13.3. The fourth-order valence-electron chi connectivity index (χ4n) is 7.66. The van der Waals surface area contributed by atoms with Gasteiger partial charge in [-0.3, -0.25) is 9.59 Å². The molecule has 4 heteroatoms. The van der Waals surface area contributed by atoms with Crippen molar-refractivity contribution in [1.29, 1.82) is 0 Å². The third-order valence-electron chi connectivity index (χ3n) is 9.49. The molecule has 4 nitrogen and oxygen atoms in total. The molecule has 0 unspecified atom stereocenters. The van der Waals surface area contributed by atoms with Crippen molar-refractivity contribution in [3.8, 4) is 11.1 Å². The first-order valence-corrected chi connectivity index (χ1v) is 14.8. The van der Waals surface area contributed by atoms with Crippen LogP contribution in [0.4, 0.5) is 0 Å². The van der Waals surface area contributed by atoms with E-state index in [2.05, 4.69) is 26.0 Å². The molecule has 0 amide bonds. The number of carboxylic acid groups (broad SMARTS) is 2. The summed E-state index contributed by atoms with van der Waals surface area (Å²) >= 11 is 0. The molecule has 0 radical (unpaired) electrons.